The van der Waals surface area contributed by atoms with Gasteiger partial charge in [-0.25, -0.2) is 4.57 Å². The first-order valence-corrected chi connectivity index (χ1v) is 12.4. The molecule has 1 unspecified atom stereocenters. The summed E-state index contributed by atoms with van der Waals surface area (Å²) in [5.74, 6) is 0.503. The van der Waals surface area contributed by atoms with Crippen LogP contribution in [0.2, 0.25) is 0 Å². The van der Waals surface area contributed by atoms with E-state index in [0.717, 1.165) is 16.5 Å². The van der Waals surface area contributed by atoms with Gasteiger partial charge in [0.05, 0.1) is 17.9 Å². The van der Waals surface area contributed by atoms with Gasteiger partial charge >= 0.3 is 7.82 Å². The van der Waals surface area contributed by atoms with Crippen molar-refractivity contribution < 1.29 is 38.6 Å². The Hall–Kier alpha value is -2.85. The number of hydrogen-bond donors (Lipinski definition) is 5. The second kappa shape index (κ2) is 13.3. The lowest BCUT2D eigenvalue weighted by atomic mass is 10.1. The van der Waals surface area contributed by atoms with Gasteiger partial charge in [-0.2, -0.15) is 0 Å². The standard InChI is InChI=1S/C16H21NO2.C8H10NO6P/c1-12(2)17-10-14(18)11-19-16-9-5-7-13-6-3-4-8-15(13)16;1-5-8(11)7(3-10)6(2-9-5)4-15-16(12,13)14/h3-9,12,14,17-18H,10-11H2,1-2H3;2-3,11H,4H2,1H3,(H2,12,13,14). The van der Waals surface area contributed by atoms with Crippen LogP contribution in [0.4, 0.5) is 0 Å². The van der Waals surface area contributed by atoms with E-state index in [1.54, 1.807) is 0 Å². The fourth-order valence-electron chi connectivity index (χ4n) is 2.99. The number of ether oxygens (including phenoxy) is 1. The molecule has 1 heterocycles. The number of rotatable bonds is 10. The summed E-state index contributed by atoms with van der Waals surface area (Å²) in [4.78, 5) is 31.4. The molecule has 0 bridgehead atoms. The van der Waals surface area contributed by atoms with E-state index in [1.165, 1.54) is 13.1 Å². The average molecular weight is 506 g/mol. The maximum Gasteiger partial charge on any atom is 0.469 e. The lowest BCUT2D eigenvalue weighted by Gasteiger charge is -2.15. The molecule has 0 aliphatic heterocycles. The van der Waals surface area contributed by atoms with E-state index >= 15 is 0 Å². The Kier molecular flexibility index (Phi) is 10.8. The van der Waals surface area contributed by atoms with E-state index in [-0.39, 0.29) is 22.6 Å². The predicted octanol–water partition coefficient (Wildman–Crippen LogP) is 3.09. The topological polar surface area (TPSA) is 158 Å². The third kappa shape index (κ3) is 9.37. The Bertz CT molecular complexity index is 1160. The number of phosphoric acid groups is 1. The van der Waals surface area contributed by atoms with Gasteiger partial charge in [-0.15, -0.1) is 0 Å². The van der Waals surface area contributed by atoms with E-state index in [0.29, 0.717) is 25.5 Å². The van der Waals surface area contributed by atoms with Crippen molar-refractivity contribution in [1.82, 2.24) is 10.3 Å². The summed E-state index contributed by atoms with van der Waals surface area (Å²) >= 11 is 0. The van der Waals surface area contributed by atoms with Crippen LogP contribution in [0, 0.1) is 6.92 Å². The van der Waals surface area contributed by atoms with Crippen LogP contribution >= 0.6 is 7.82 Å². The second-order valence-electron chi connectivity index (χ2n) is 8.02. The number of phosphoric ester groups is 1. The molecule has 0 aliphatic rings. The summed E-state index contributed by atoms with van der Waals surface area (Å²) < 4.78 is 20.4. The molecular formula is C24H31N2O8P. The SMILES string of the molecule is CC(C)NCC(O)COc1cccc2ccccc12.Cc1ncc(COP(=O)(O)O)c(C=O)c1O. The molecule has 0 spiro atoms. The highest BCUT2D eigenvalue weighted by atomic mass is 31.2. The van der Waals surface area contributed by atoms with Crippen LogP contribution in [0.5, 0.6) is 11.5 Å². The molecule has 0 saturated carbocycles. The molecule has 2 aromatic carbocycles. The fraction of sp³-hybridized carbons (Fsp3) is 0.333. The molecule has 10 nitrogen and oxygen atoms in total. The number of aryl methyl sites for hydroxylation is 1. The Morgan fingerprint density at radius 2 is 1.83 bits per heavy atom. The van der Waals surface area contributed by atoms with Crippen LogP contribution in [0.25, 0.3) is 10.8 Å². The van der Waals surface area contributed by atoms with Crippen LogP contribution in [0.15, 0.2) is 48.7 Å². The number of nitrogens with zero attached hydrogens (tertiary/aromatic N) is 1. The highest BCUT2D eigenvalue weighted by Crippen LogP contribution is 2.37. The molecule has 5 N–H and O–H groups in total. The van der Waals surface area contributed by atoms with Gasteiger partial charge in [0.2, 0.25) is 0 Å². The monoisotopic (exact) mass is 506 g/mol. The zero-order valence-corrected chi connectivity index (χ0v) is 20.7. The molecule has 11 heteroatoms. The molecule has 0 radical (unpaired) electrons. The molecular weight excluding hydrogens is 475 g/mol. The Labute approximate surface area is 203 Å². The van der Waals surface area contributed by atoms with Crippen LogP contribution in [-0.2, 0) is 15.7 Å². The second-order valence-corrected chi connectivity index (χ2v) is 9.26. The number of aldehydes is 1. The molecule has 3 rings (SSSR count). The molecule has 0 saturated heterocycles. The van der Waals surface area contributed by atoms with Crippen LogP contribution in [0.1, 0.15) is 35.5 Å². The first kappa shape index (κ1) is 28.4. The van der Waals surface area contributed by atoms with Crippen molar-refractivity contribution in [2.24, 2.45) is 0 Å². The largest absolute Gasteiger partial charge is 0.505 e. The summed E-state index contributed by atoms with van der Waals surface area (Å²) in [6, 6.07) is 14.4. The van der Waals surface area contributed by atoms with Crippen molar-refractivity contribution in [3.8, 4) is 11.5 Å². The van der Waals surface area contributed by atoms with Crippen molar-refractivity contribution >= 4 is 24.9 Å². The first-order valence-electron chi connectivity index (χ1n) is 10.9. The minimum Gasteiger partial charge on any atom is -0.505 e. The summed E-state index contributed by atoms with van der Waals surface area (Å²) in [5.41, 5.74) is 0.282. The molecule has 0 fully saturated rings. The van der Waals surface area contributed by atoms with Crippen molar-refractivity contribution in [2.75, 3.05) is 13.2 Å². The van der Waals surface area contributed by atoms with Gasteiger partial charge in [0.25, 0.3) is 0 Å². The van der Waals surface area contributed by atoms with E-state index in [2.05, 4.69) is 40.8 Å². The summed E-state index contributed by atoms with van der Waals surface area (Å²) in [5, 5.41) is 24.7. The summed E-state index contributed by atoms with van der Waals surface area (Å²) in [7, 11) is -4.61. The number of hydrogen-bond acceptors (Lipinski definition) is 8. The van der Waals surface area contributed by atoms with Crippen molar-refractivity contribution in [3.63, 3.8) is 0 Å². The molecule has 35 heavy (non-hydrogen) atoms. The van der Waals surface area contributed by atoms with Gasteiger partial charge in [0, 0.05) is 29.7 Å². The van der Waals surface area contributed by atoms with Gasteiger partial charge in [0.15, 0.2) is 6.29 Å². The Morgan fingerprint density at radius 1 is 1.14 bits per heavy atom. The third-order valence-electron chi connectivity index (χ3n) is 4.81. The smallest absolute Gasteiger partial charge is 0.469 e. The molecule has 3 aromatic rings. The molecule has 0 aliphatic carbocycles. The number of aromatic hydroxyl groups is 1. The van der Waals surface area contributed by atoms with E-state index < -0.39 is 20.5 Å². The number of carbonyl (C=O) groups excluding carboxylic acids is 1. The predicted molar refractivity (Wildman–Crippen MR) is 131 cm³/mol. The summed E-state index contributed by atoms with van der Waals surface area (Å²) in [6.07, 6.45) is 1.10. The van der Waals surface area contributed by atoms with Crippen LogP contribution < -0.4 is 10.1 Å². The zero-order valence-electron chi connectivity index (χ0n) is 19.8. The van der Waals surface area contributed by atoms with E-state index in [9.17, 15) is 19.6 Å². The van der Waals surface area contributed by atoms with Gasteiger partial charge < -0.3 is 30.1 Å². The minimum atomic E-state index is -4.61. The number of aliphatic hydroxyl groups excluding tert-OH is 1. The van der Waals surface area contributed by atoms with Gasteiger partial charge in [-0.05, 0) is 18.4 Å². The number of carbonyl (C=O) groups is 1. The minimum absolute atomic E-state index is 0.0825. The fourth-order valence-corrected chi connectivity index (χ4v) is 3.30. The van der Waals surface area contributed by atoms with Crippen molar-refractivity contribution in [2.45, 2.75) is 39.5 Å². The Balaban J connectivity index is 0.000000251. The number of benzene rings is 2. The number of fused-ring (bicyclic) bond motifs is 1. The highest BCUT2D eigenvalue weighted by molar-refractivity contribution is 7.46. The average Bonchev–Trinajstić information content (AvgIpc) is 2.82. The molecule has 0 amide bonds. The maximum atomic E-state index is 10.7. The number of nitrogens with one attached hydrogen (secondary N) is 1. The highest BCUT2D eigenvalue weighted by Gasteiger charge is 2.17. The zero-order chi connectivity index (χ0) is 26.0. The molecule has 190 valence electrons. The lowest BCUT2D eigenvalue weighted by molar-refractivity contribution is 0.105. The Morgan fingerprint density at radius 3 is 2.49 bits per heavy atom. The molecule has 1 atom stereocenters. The van der Waals surface area contributed by atoms with Gasteiger partial charge in [-0.1, -0.05) is 50.2 Å². The first-order chi connectivity index (χ1) is 16.5. The van der Waals surface area contributed by atoms with Crippen molar-refractivity contribution in [3.05, 3.63) is 65.5 Å². The van der Waals surface area contributed by atoms with Crippen LogP contribution in [0.3, 0.4) is 0 Å². The molecule has 1 aromatic heterocycles. The number of aliphatic hydroxyl groups is 1. The lowest BCUT2D eigenvalue weighted by Crippen LogP contribution is -2.35. The van der Waals surface area contributed by atoms with Gasteiger partial charge in [-0.3, -0.25) is 14.3 Å². The number of pyridine rings is 1. The normalized spacial score (nSPS) is 12.2. The summed E-state index contributed by atoms with van der Waals surface area (Å²) in [6.45, 7) is 5.95. The van der Waals surface area contributed by atoms with Crippen molar-refractivity contribution in [1.29, 1.82) is 0 Å². The van der Waals surface area contributed by atoms with Crippen LogP contribution in [-0.4, -0.2) is 56.6 Å². The maximum absolute atomic E-state index is 10.7. The van der Waals surface area contributed by atoms with E-state index in [1.807, 2.05) is 30.3 Å². The van der Waals surface area contributed by atoms with E-state index in [4.69, 9.17) is 14.5 Å². The number of aromatic nitrogens is 1. The quantitative estimate of drug-likeness (QED) is 0.204. The third-order valence-corrected chi connectivity index (χ3v) is 5.27. The van der Waals surface area contributed by atoms with Gasteiger partial charge in [0.1, 0.15) is 24.2 Å².